The van der Waals surface area contributed by atoms with Crippen molar-refractivity contribution < 1.29 is 0 Å². The normalized spacial score (nSPS) is 23.4. The van der Waals surface area contributed by atoms with Crippen LogP contribution in [0.2, 0.25) is 0 Å². The molecule has 3 nitrogen and oxygen atoms in total. The minimum absolute atomic E-state index is 0.977. The lowest BCUT2D eigenvalue weighted by molar-refractivity contribution is 0.192. The summed E-state index contributed by atoms with van der Waals surface area (Å²) in [5.74, 6) is 0.977. The summed E-state index contributed by atoms with van der Waals surface area (Å²) >= 11 is 1.76. The van der Waals surface area contributed by atoms with Gasteiger partial charge in [-0.05, 0) is 18.8 Å². The molecular weight excluding hydrogens is 242 g/mol. The summed E-state index contributed by atoms with van der Waals surface area (Å²) in [5.41, 5.74) is 0. The number of nitrogens with zero attached hydrogens (tertiary/aromatic N) is 3. The molecule has 2 fully saturated rings. The van der Waals surface area contributed by atoms with Gasteiger partial charge in [-0.15, -0.1) is 11.3 Å². The van der Waals surface area contributed by atoms with Crippen molar-refractivity contribution in [3.05, 3.63) is 11.6 Å². The molecule has 18 heavy (non-hydrogen) atoms. The van der Waals surface area contributed by atoms with Gasteiger partial charge in [0.2, 0.25) is 0 Å². The van der Waals surface area contributed by atoms with Gasteiger partial charge in [0, 0.05) is 44.3 Å². The van der Waals surface area contributed by atoms with Crippen LogP contribution >= 0.6 is 11.3 Å². The monoisotopic (exact) mass is 265 g/mol. The van der Waals surface area contributed by atoms with E-state index in [1.807, 2.05) is 6.20 Å². The molecule has 0 unspecified atom stereocenters. The molecule has 0 aromatic carbocycles. The standard InChI is InChI=1S/C14H23N3S/c1-2-4-13(5-3-1)12-16-7-9-17(10-8-16)14-15-6-11-18-14/h6,11,13H,1-5,7-10,12H2. The summed E-state index contributed by atoms with van der Waals surface area (Å²) in [7, 11) is 0. The average molecular weight is 265 g/mol. The molecular formula is C14H23N3S. The summed E-state index contributed by atoms with van der Waals surface area (Å²) in [6.45, 7) is 6.08. The van der Waals surface area contributed by atoms with Crippen molar-refractivity contribution in [2.45, 2.75) is 32.1 Å². The van der Waals surface area contributed by atoms with E-state index < -0.39 is 0 Å². The Morgan fingerprint density at radius 1 is 1.11 bits per heavy atom. The van der Waals surface area contributed by atoms with E-state index in [1.54, 1.807) is 11.3 Å². The minimum atomic E-state index is 0.977. The van der Waals surface area contributed by atoms with Crippen LogP contribution in [0.5, 0.6) is 0 Å². The third kappa shape index (κ3) is 3.04. The highest BCUT2D eigenvalue weighted by molar-refractivity contribution is 7.13. The van der Waals surface area contributed by atoms with Crippen LogP contribution in [-0.4, -0.2) is 42.6 Å². The highest BCUT2D eigenvalue weighted by Crippen LogP contribution is 2.25. The largest absolute Gasteiger partial charge is 0.346 e. The quantitative estimate of drug-likeness (QED) is 0.838. The van der Waals surface area contributed by atoms with E-state index in [2.05, 4.69) is 20.2 Å². The summed E-state index contributed by atoms with van der Waals surface area (Å²) in [4.78, 5) is 9.51. The second kappa shape index (κ2) is 6.02. The van der Waals surface area contributed by atoms with Crippen molar-refractivity contribution in [3.8, 4) is 0 Å². The molecule has 1 aromatic heterocycles. The lowest BCUT2D eigenvalue weighted by Gasteiger charge is -2.37. The Balaban J connectivity index is 1.45. The molecule has 1 saturated carbocycles. The smallest absolute Gasteiger partial charge is 0.185 e. The first-order valence-corrected chi connectivity index (χ1v) is 8.16. The maximum Gasteiger partial charge on any atom is 0.185 e. The molecule has 0 amide bonds. The van der Waals surface area contributed by atoms with E-state index >= 15 is 0 Å². The fourth-order valence-corrected chi connectivity index (χ4v) is 3.93. The number of aromatic nitrogens is 1. The Morgan fingerprint density at radius 2 is 1.89 bits per heavy atom. The van der Waals surface area contributed by atoms with Crippen molar-refractivity contribution in [1.82, 2.24) is 9.88 Å². The first-order chi connectivity index (χ1) is 8.92. The van der Waals surface area contributed by atoms with E-state index in [9.17, 15) is 0 Å². The molecule has 0 N–H and O–H groups in total. The van der Waals surface area contributed by atoms with Crippen molar-refractivity contribution in [2.75, 3.05) is 37.6 Å². The van der Waals surface area contributed by atoms with Gasteiger partial charge in [-0.1, -0.05) is 19.3 Å². The van der Waals surface area contributed by atoms with Gasteiger partial charge in [0.25, 0.3) is 0 Å². The summed E-state index contributed by atoms with van der Waals surface area (Å²) in [6.07, 6.45) is 9.23. The van der Waals surface area contributed by atoms with Crippen LogP contribution in [0.15, 0.2) is 11.6 Å². The van der Waals surface area contributed by atoms with Gasteiger partial charge in [0.1, 0.15) is 0 Å². The third-order valence-electron chi connectivity index (χ3n) is 4.30. The predicted molar refractivity (Wildman–Crippen MR) is 77.3 cm³/mol. The van der Waals surface area contributed by atoms with Gasteiger partial charge in [-0.25, -0.2) is 4.98 Å². The molecule has 0 atom stereocenters. The Labute approximate surface area is 114 Å². The number of piperazine rings is 1. The molecule has 1 aliphatic carbocycles. The fourth-order valence-electron chi connectivity index (χ4n) is 3.23. The number of rotatable bonds is 3. The van der Waals surface area contributed by atoms with E-state index in [0.29, 0.717) is 0 Å². The SMILES string of the molecule is c1csc(N2CCN(CC3CCCCC3)CC2)n1. The minimum Gasteiger partial charge on any atom is -0.346 e. The van der Waals surface area contributed by atoms with Crippen molar-refractivity contribution in [3.63, 3.8) is 0 Å². The zero-order valence-corrected chi connectivity index (χ0v) is 11.9. The van der Waals surface area contributed by atoms with Gasteiger partial charge in [-0.2, -0.15) is 0 Å². The van der Waals surface area contributed by atoms with Crippen LogP contribution in [0.1, 0.15) is 32.1 Å². The molecule has 4 heteroatoms. The second-order valence-electron chi connectivity index (χ2n) is 5.61. The number of hydrogen-bond donors (Lipinski definition) is 0. The Morgan fingerprint density at radius 3 is 2.56 bits per heavy atom. The highest BCUT2D eigenvalue weighted by atomic mass is 32.1. The van der Waals surface area contributed by atoms with E-state index in [-0.39, 0.29) is 0 Å². The van der Waals surface area contributed by atoms with E-state index in [0.717, 1.165) is 19.0 Å². The summed E-state index contributed by atoms with van der Waals surface area (Å²) in [5, 5.41) is 3.27. The molecule has 1 aliphatic heterocycles. The molecule has 0 radical (unpaired) electrons. The lowest BCUT2D eigenvalue weighted by atomic mass is 9.89. The first kappa shape index (κ1) is 12.4. The molecule has 1 saturated heterocycles. The van der Waals surface area contributed by atoms with Gasteiger partial charge >= 0.3 is 0 Å². The lowest BCUT2D eigenvalue weighted by Crippen LogP contribution is -2.47. The first-order valence-electron chi connectivity index (χ1n) is 7.28. The number of hydrogen-bond acceptors (Lipinski definition) is 4. The van der Waals surface area contributed by atoms with Crippen LogP contribution in [-0.2, 0) is 0 Å². The molecule has 100 valence electrons. The molecule has 0 spiro atoms. The Kier molecular flexibility index (Phi) is 4.16. The third-order valence-corrected chi connectivity index (χ3v) is 5.14. The highest BCUT2D eigenvalue weighted by Gasteiger charge is 2.22. The van der Waals surface area contributed by atoms with Crippen LogP contribution < -0.4 is 4.90 Å². The average Bonchev–Trinajstić information content (AvgIpc) is 2.95. The molecule has 2 heterocycles. The summed E-state index contributed by atoms with van der Waals surface area (Å²) < 4.78 is 0. The van der Waals surface area contributed by atoms with E-state index in [4.69, 9.17) is 0 Å². The van der Waals surface area contributed by atoms with Crippen molar-refractivity contribution in [1.29, 1.82) is 0 Å². The zero-order valence-electron chi connectivity index (χ0n) is 11.1. The van der Waals surface area contributed by atoms with Gasteiger partial charge in [-0.3, -0.25) is 4.90 Å². The van der Waals surface area contributed by atoms with Crippen LogP contribution in [0, 0.1) is 5.92 Å². The Bertz CT molecular complexity index is 338. The molecule has 0 bridgehead atoms. The molecule has 2 aliphatic rings. The fraction of sp³-hybridized carbons (Fsp3) is 0.786. The van der Waals surface area contributed by atoms with Crippen molar-refractivity contribution >= 4 is 16.5 Å². The maximum absolute atomic E-state index is 4.41. The van der Waals surface area contributed by atoms with Gasteiger partial charge in [0.05, 0.1) is 0 Å². The number of anilines is 1. The molecule has 3 rings (SSSR count). The summed E-state index contributed by atoms with van der Waals surface area (Å²) in [6, 6.07) is 0. The second-order valence-corrected chi connectivity index (χ2v) is 6.48. The number of thiazole rings is 1. The Hall–Kier alpha value is -0.610. The van der Waals surface area contributed by atoms with Gasteiger partial charge in [0.15, 0.2) is 5.13 Å². The topological polar surface area (TPSA) is 19.4 Å². The van der Waals surface area contributed by atoms with Crippen LogP contribution in [0.4, 0.5) is 5.13 Å². The van der Waals surface area contributed by atoms with Crippen LogP contribution in [0.25, 0.3) is 0 Å². The maximum atomic E-state index is 4.41. The molecule has 1 aromatic rings. The van der Waals surface area contributed by atoms with Crippen LogP contribution in [0.3, 0.4) is 0 Å². The van der Waals surface area contributed by atoms with Gasteiger partial charge < -0.3 is 4.90 Å². The van der Waals surface area contributed by atoms with E-state index in [1.165, 1.54) is 56.9 Å². The van der Waals surface area contributed by atoms with Crippen molar-refractivity contribution in [2.24, 2.45) is 5.92 Å². The predicted octanol–water partition coefficient (Wildman–Crippen LogP) is 2.85. The zero-order chi connectivity index (χ0) is 12.2.